The topological polar surface area (TPSA) is 53.7 Å². The van der Waals surface area contributed by atoms with Gasteiger partial charge in [-0.25, -0.2) is 4.98 Å². The van der Waals surface area contributed by atoms with E-state index < -0.39 is 0 Å². The van der Waals surface area contributed by atoms with E-state index in [4.69, 9.17) is 0 Å². The van der Waals surface area contributed by atoms with Crippen LogP contribution in [0.15, 0.2) is 35.6 Å². The van der Waals surface area contributed by atoms with Crippen molar-refractivity contribution in [1.29, 1.82) is 0 Å². The first-order valence-electron chi connectivity index (χ1n) is 8.20. The maximum absolute atomic E-state index is 4.61. The molecule has 0 spiro atoms. The lowest BCUT2D eigenvalue weighted by Gasteiger charge is -2.24. The second-order valence-electron chi connectivity index (χ2n) is 6.20. The summed E-state index contributed by atoms with van der Waals surface area (Å²) in [6.07, 6.45) is 7.60. The Morgan fingerprint density at radius 2 is 2.29 bits per heavy atom. The highest BCUT2D eigenvalue weighted by molar-refractivity contribution is 14.0. The van der Waals surface area contributed by atoms with Crippen LogP contribution in [0, 0.1) is 0 Å². The Labute approximate surface area is 165 Å². The molecule has 2 aromatic rings. The third-order valence-electron chi connectivity index (χ3n) is 4.24. The molecule has 2 aromatic heterocycles. The maximum atomic E-state index is 4.61. The van der Waals surface area contributed by atoms with Gasteiger partial charge in [-0.3, -0.25) is 4.99 Å². The summed E-state index contributed by atoms with van der Waals surface area (Å²) >= 11 is 2.06. The summed E-state index contributed by atoms with van der Waals surface area (Å²) < 4.78 is 2.40. The number of pyridine rings is 1. The van der Waals surface area contributed by atoms with E-state index in [1.54, 1.807) is 0 Å². The molecule has 0 aromatic carbocycles. The molecular formula is C17H26IN5S. The van der Waals surface area contributed by atoms with Crippen molar-refractivity contribution >= 4 is 47.3 Å². The van der Waals surface area contributed by atoms with Gasteiger partial charge in [-0.2, -0.15) is 11.8 Å². The predicted molar refractivity (Wildman–Crippen MR) is 114 cm³/mol. The number of thioether (sulfide) groups is 1. The molecule has 132 valence electrons. The van der Waals surface area contributed by atoms with E-state index in [0.717, 1.165) is 36.8 Å². The number of guanidine groups is 1. The number of nitrogens with one attached hydrogen (secondary N) is 2. The molecule has 24 heavy (non-hydrogen) atoms. The lowest BCUT2D eigenvalue weighted by Crippen LogP contribution is -2.44. The molecule has 2 N–H and O–H groups in total. The van der Waals surface area contributed by atoms with Crippen LogP contribution in [0.25, 0.3) is 5.65 Å². The van der Waals surface area contributed by atoms with Crippen LogP contribution < -0.4 is 10.6 Å². The van der Waals surface area contributed by atoms with Gasteiger partial charge in [0.1, 0.15) is 5.65 Å². The minimum Gasteiger partial charge on any atom is -0.356 e. The van der Waals surface area contributed by atoms with E-state index in [1.165, 1.54) is 18.6 Å². The third kappa shape index (κ3) is 5.02. The quantitative estimate of drug-likeness (QED) is 0.410. The Morgan fingerprint density at radius 3 is 3.00 bits per heavy atom. The van der Waals surface area contributed by atoms with Gasteiger partial charge in [0.25, 0.3) is 0 Å². The number of hydrogen-bond donors (Lipinski definition) is 2. The summed E-state index contributed by atoms with van der Waals surface area (Å²) in [5, 5.41) is 6.84. The fourth-order valence-corrected chi connectivity index (χ4v) is 4.13. The van der Waals surface area contributed by atoms with Gasteiger partial charge in [0.2, 0.25) is 0 Å². The minimum atomic E-state index is 0. The second kappa shape index (κ2) is 8.94. The lowest BCUT2D eigenvalue weighted by molar-refractivity contribution is 0.584. The molecule has 1 aliphatic heterocycles. The van der Waals surface area contributed by atoms with Gasteiger partial charge in [-0.1, -0.05) is 6.07 Å². The van der Waals surface area contributed by atoms with Crippen LogP contribution in [-0.4, -0.2) is 46.0 Å². The molecular weight excluding hydrogens is 433 g/mol. The highest BCUT2D eigenvalue weighted by atomic mass is 127. The molecule has 1 aliphatic rings. The zero-order valence-corrected chi connectivity index (χ0v) is 17.4. The van der Waals surface area contributed by atoms with Crippen molar-refractivity contribution in [2.24, 2.45) is 4.99 Å². The van der Waals surface area contributed by atoms with Crippen molar-refractivity contribution in [1.82, 2.24) is 20.0 Å². The molecule has 0 aliphatic carbocycles. The molecule has 0 bridgehead atoms. The summed E-state index contributed by atoms with van der Waals surface area (Å²) in [7, 11) is 1.82. The van der Waals surface area contributed by atoms with Crippen LogP contribution in [0.3, 0.4) is 0 Å². The Hall–Kier alpha value is -0.960. The standard InChI is InChI=1S/C17H25N5S.HI/c1-17(8-5-11-23-17)13-20-16(18-2)19-9-7-14-12-22-10-4-3-6-15(22)21-14;/h3-4,6,10,12H,5,7-9,11,13H2,1-2H3,(H2,18,19,20);1H. The van der Waals surface area contributed by atoms with Gasteiger partial charge in [0, 0.05) is 43.7 Å². The smallest absolute Gasteiger partial charge is 0.191 e. The van der Waals surface area contributed by atoms with Crippen LogP contribution >= 0.6 is 35.7 Å². The first kappa shape index (κ1) is 19.4. The Morgan fingerprint density at radius 1 is 1.42 bits per heavy atom. The van der Waals surface area contributed by atoms with Crippen molar-refractivity contribution in [2.75, 3.05) is 25.9 Å². The van der Waals surface area contributed by atoms with Crippen LogP contribution in [0.4, 0.5) is 0 Å². The highest BCUT2D eigenvalue weighted by Crippen LogP contribution is 2.36. The minimum absolute atomic E-state index is 0. The summed E-state index contributed by atoms with van der Waals surface area (Å²) in [5.41, 5.74) is 2.09. The molecule has 1 fully saturated rings. The molecule has 0 amide bonds. The molecule has 5 nitrogen and oxygen atoms in total. The zero-order chi connectivity index (χ0) is 16.1. The van der Waals surface area contributed by atoms with Crippen molar-refractivity contribution in [2.45, 2.75) is 30.9 Å². The Kier molecular flexibility index (Phi) is 7.21. The molecule has 3 rings (SSSR count). The van der Waals surface area contributed by atoms with Crippen molar-refractivity contribution < 1.29 is 0 Å². The number of imidazole rings is 1. The van der Waals surface area contributed by atoms with E-state index in [0.29, 0.717) is 4.75 Å². The van der Waals surface area contributed by atoms with E-state index in [-0.39, 0.29) is 24.0 Å². The number of fused-ring (bicyclic) bond motifs is 1. The van der Waals surface area contributed by atoms with Gasteiger partial charge in [-0.15, -0.1) is 24.0 Å². The molecule has 3 heterocycles. The first-order valence-corrected chi connectivity index (χ1v) is 9.18. The monoisotopic (exact) mass is 459 g/mol. The van der Waals surface area contributed by atoms with Gasteiger partial charge < -0.3 is 15.0 Å². The van der Waals surface area contributed by atoms with E-state index in [9.17, 15) is 0 Å². The van der Waals surface area contributed by atoms with Crippen LogP contribution in [0.5, 0.6) is 0 Å². The van der Waals surface area contributed by atoms with E-state index in [1.807, 2.05) is 31.4 Å². The van der Waals surface area contributed by atoms with Crippen molar-refractivity contribution in [3.8, 4) is 0 Å². The molecule has 7 heteroatoms. The van der Waals surface area contributed by atoms with Crippen LogP contribution in [0.1, 0.15) is 25.5 Å². The summed E-state index contributed by atoms with van der Waals surface area (Å²) in [4.78, 5) is 8.93. The molecule has 1 unspecified atom stereocenters. The average molecular weight is 459 g/mol. The summed E-state index contributed by atoms with van der Waals surface area (Å²) in [5.74, 6) is 2.15. The number of aliphatic imine (C=N–C) groups is 1. The van der Waals surface area contributed by atoms with E-state index >= 15 is 0 Å². The van der Waals surface area contributed by atoms with Crippen molar-refractivity contribution in [3.63, 3.8) is 0 Å². The van der Waals surface area contributed by atoms with Gasteiger partial charge in [0.05, 0.1) is 5.69 Å². The largest absolute Gasteiger partial charge is 0.356 e. The van der Waals surface area contributed by atoms with Crippen LogP contribution in [0.2, 0.25) is 0 Å². The maximum Gasteiger partial charge on any atom is 0.191 e. The molecule has 1 saturated heterocycles. The summed E-state index contributed by atoms with van der Waals surface area (Å²) in [6, 6.07) is 6.05. The fourth-order valence-electron chi connectivity index (χ4n) is 2.88. The number of rotatable bonds is 5. The van der Waals surface area contributed by atoms with Crippen LogP contribution in [-0.2, 0) is 6.42 Å². The molecule has 0 radical (unpaired) electrons. The fraction of sp³-hybridized carbons (Fsp3) is 0.529. The molecule has 1 atom stereocenters. The van der Waals surface area contributed by atoms with Gasteiger partial charge >= 0.3 is 0 Å². The summed E-state index contributed by atoms with van der Waals surface area (Å²) in [6.45, 7) is 4.13. The SMILES string of the molecule is CN=C(NCCc1cn2ccccc2n1)NCC1(C)CCCS1.I. The number of hydrogen-bond acceptors (Lipinski definition) is 3. The van der Waals surface area contributed by atoms with E-state index in [2.05, 4.69) is 49.9 Å². The third-order valence-corrected chi connectivity index (χ3v) is 5.78. The highest BCUT2D eigenvalue weighted by Gasteiger charge is 2.29. The number of halogens is 1. The Balaban J connectivity index is 0.00000208. The molecule has 0 saturated carbocycles. The number of nitrogens with zero attached hydrogens (tertiary/aromatic N) is 3. The lowest BCUT2D eigenvalue weighted by atomic mass is 10.1. The predicted octanol–water partition coefficient (Wildman–Crippen LogP) is 2.95. The van der Waals surface area contributed by atoms with Gasteiger partial charge in [-0.05, 0) is 37.7 Å². The number of aromatic nitrogens is 2. The van der Waals surface area contributed by atoms with Gasteiger partial charge in [0.15, 0.2) is 5.96 Å². The average Bonchev–Trinajstić information content (AvgIpc) is 3.17. The Bertz CT molecular complexity index is 645. The second-order valence-corrected chi connectivity index (χ2v) is 7.89. The zero-order valence-electron chi connectivity index (χ0n) is 14.3. The normalized spacial score (nSPS) is 20.8. The van der Waals surface area contributed by atoms with Crippen molar-refractivity contribution in [3.05, 3.63) is 36.3 Å². The first-order chi connectivity index (χ1) is 11.2.